The number of amides is 1. The van der Waals surface area contributed by atoms with Gasteiger partial charge in [0.15, 0.2) is 5.16 Å². The molecule has 5 nitrogen and oxygen atoms in total. The first kappa shape index (κ1) is 20.5. The van der Waals surface area contributed by atoms with Crippen LogP contribution in [0.5, 0.6) is 0 Å². The van der Waals surface area contributed by atoms with E-state index in [1.807, 2.05) is 40.7 Å². The first-order chi connectivity index (χ1) is 13.9. The Hall–Kier alpha value is -1.82. The van der Waals surface area contributed by atoms with Crippen LogP contribution in [0.15, 0.2) is 34.2 Å². The van der Waals surface area contributed by atoms with Crippen LogP contribution in [0.2, 0.25) is 0 Å². The number of thioether (sulfide) groups is 1. The molecule has 1 saturated carbocycles. The van der Waals surface area contributed by atoms with Crippen LogP contribution < -0.4 is 5.56 Å². The molecule has 0 radical (unpaired) electrons. The fourth-order valence-corrected chi connectivity index (χ4v) is 6.06. The van der Waals surface area contributed by atoms with E-state index in [9.17, 15) is 9.59 Å². The molecule has 2 heterocycles. The van der Waals surface area contributed by atoms with Gasteiger partial charge < -0.3 is 4.90 Å². The van der Waals surface area contributed by atoms with Crippen LogP contribution in [0.4, 0.5) is 0 Å². The number of hydrogen-bond acceptors (Lipinski definition) is 4. The third-order valence-corrected chi connectivity index (χ3v) is 7.33. The van der Waals surface area contributed by atoms with Crippen molar-refractivity contribution < 1.29 is 4.79 Å². The van der Waals surface area contributed by atoms with Crippen LogP contribution >= 0.6 is 11.8 Å². The Balaban J connectivity index is 1.65. The van der Waals surface area contributed by atoms with Crippen molar-refractivity contribution in [3.05, 3.63) is 34.6 Å². The van der Waals surface area contributed by atoms with Gasteiger partial charge >= 0.3 is 0 Å². The number of likely N-dealkylation sites (tertiary alicyclic amines) is 1. The molecule has 1 aromatic heterocycles. The van der Waals surface area contributed by atoms with E-state index in [4.69, 9.17) is 4.98 Å². The summed E-state index contributed by atoms with van der Waals surface area (Å²) in [5.74, 6) is 1.24. The molecule has 1 aromatic carbocycles. The number of carbonyl (C=O) groups excluding carboxylic acids is 1. The number of aromatic nitrogens is 2. The first-order valence-electron chi connectivity index (χ1n) is 10.9. The van der Waals surface area contributed by atoms with E-state index >= 15 is 0 Å². The lowest BCUT2D eigenvalue weighted by atomic mass is 9.92. The second-order valence-electron chi connectivity index (χ2n) is 8.97. The topological polar surface area (TPSA) is 55.2 Å². The van der Waals surface area contributed by atoms with E-state index in [2.05, 4.69) is 13.8 Å². The van der Waals surface area contributed by atoms with E-state index in [-0.39, 0.29) is 22.8 Å². The Morgan fingerprint density at radius 2 is 1.79 bits per heavy atom. The summed E-state index contributed by atoms with van der Waals surface area (Å²) in [7, 11) is 0. The molecule has 4 rings (SSSR count). The molecule has 6 heteroatoms. The molecule has 0 spiro atoms. The summed E-state index contributed by atoms with van der Waals surface area (Å²) in [5.41, 5.74) is 0.749. The second kappa shape index (κ2) is 8.50. The average Bonchev–Trinajstić information content (AvgIpc) is 3.21. The predicted octanol–water partition coefficient (Wildman–Crippen LogP) is 4.50. The van der Waals surface area contributed by atoms with Crippen molar-refractivity contribution in [2.24, 2.45) is 11.8 Å². The quantitative estimate of drug-likeness (QED) is 0.547. The van der Waals surface area contributed by atoms with Gasteiger partial charge in [-0.25, -0.2) is 4.98 Å². The van der Waals surface area contributed by atoms with Gasteiger partial charge in [0.25, 0.3) is 5.56 Å². The van der Waals surface area contributed by atoms with Crippen LogP contribution in [-0.2, 0) is 4.79 Å². The maximum atomic E-state index is 13.3. The van der Waals surface area contributed by atoms with Gasteiger partial charge in [0.1, 0.15) is 0 Å². The van der Waals surface area contributed by atoms with Gasteiger partial charge in [-0.1, -0.05) is 50.6 Å². The largest absolute Gasteiger partial charge is 0.341 e. The van der Waals surface area contributed by atoms with Crippen LogP contribution in [-0.4, -0.2) is 38.7 Å². The fourth-order valence-electron chi connectivity index (χ4n) is 5.00. The Bertz CT molecular complexity index is 941. The maximum Gasteiger partial charge on any atom is 0.262 e. The number of rotatable bonds is 4. The molecule has 1 saturated heterocycles. The third-order valence-electron chi connectivity index (χ3n) is 6.28. The van der Waals surface area contributed by atoms with E-state index in [0.29, 0.717) is 27.9 Å². The number of hydrogen-bond donors (Lipinski definition) is 0. The molecule has 2 aromatic rings. The number of piperidine rings is 1. The summed E-state index contributed by atoms with van der Waals surface area (Å²) in [6.07, 6.45) is 5.49. The van der Waals surface area contributed by atoms with Crippen molar-refractivity contribution in [3.63, 3.8) is 0 Å². The summed E-state index contributed by atoms with van der Waals surface area (Å²) in [5, 5.41) is 1.11. The minimum Gasteiger partial charge on any atom is -0.341 e. The molecule has 29 heavy (non-hydrogen) atoms. The minimum atomic E-state index is -0.256. The van der Waals surface area contributed by atoms with Crippen molar-refractivity contribution in [3.8, 4) is 0 Å². The highest BCUT2D eigenvalue weighted by molar-refractivity contribution is 8.00. The lowest BCUT2D eigenvalue weighted by Gasteiger charge is -2.36. The highest BCUT2D eigenvalue weighted by atomic mass is 32.2. The zero-order valence-electron chi connectivity index (χ0n) is 17.6. The van der Waals surface area contributed by atoms with Crippen molar-refractivity contribution in [1.82, 2.24) is 14.5 Å². The molecular formula is C23H31N3O2S. The van der Waals surface area contributed by atoms with Gasteiger partial charge in [-0.05, 0) is 50.2 Å². The molecule has 1 aliphatic heterocycles. The van der Waals surface area contributed by atoms with Gasteiger partial charge in [-0.15, -0.1) is 0 Å². The zero-order chi connectivity index (χ0) is 20.5. The Morgan fingerprint density at radius 3 is 2.48 bits per heavy atom. The number of nitrogens with zero attached hydrogens (tertiary/aromatic N) is 3. The molecule has 1 aliphatic carbocycles. The van der Waals surface area contributed by atoms with Gasteiger partial charge in [0.2, 0.25) is 5.91 Å². The maximum absolute atomic E-state index is 13.3. The smallest absolute Gasteiger partial charge is 0.262 e. The lowest BCUT2D eigenvalue weighted by Crippen LogP contribution is -2.45. The summed E-state index contributed by atoms with van der Waals surface area (Å²) in [6.45, 7) is 8.05. The SMILES string of the molecule is CC1CC(C)CN(C(=O)C(C)Sc2nc3ccccc3c(=O)n2C2CCCC2)C1. The Kier molecular flexibility index (Phi) is 6.00. The van der Waals surface area contributed by atoms with Crippen LogP contribution in [0.3, 0.4) is 0 Å². The summed E-state index contributed by atoms with van der Waals surface area (Å²) in [4.78, 5) is 33.3. The van der Waals surface area contributed by atoms with E-state index < -0.39 is 0 Å². The van der Waals surface area contributed by atoms with Crippen LogP contribution in [0.1, 0.15) is 58.9 Å². The molecule has 0 N–H and O–H groups in total. The highest BCUT2D eigenvalue weighted by Crippen LogP contribution is 2.34. The minimum absolute atomic E-state index is 0.0323. The number of fused-ring (bicyclic) bond motifs is 1. The van der Waals surface area contributed by atoms with Crippen LogP contribution in [0.25, 0.3) is 10.9 Å². The van der Waals surface area contributed by atoms with Gasteiger partial charge in [-0.2, -0.15) is 0 Å². The summed E-state index contributed by atoms with van der Waals surface area (Å²) < 4.78 is 1.88. The fraction of sp³-hybridized carbons (Fsp3) is 0.609. The van der Waals surface area contributed by atoms with Crippen LogP contribution in [0, 0.1) is 11.8 Å². The van der Waals surface area contributed by atoms with E-state index in [0.717, 1.165) is 38.8 Å². The van der Waals surface area contributed by atoms with Crippen molar-refractivity contribution in [1.29, 1.82) is 0 Å². The van der Waals surface area contributed by atoms with Gasteiger partial charge in [-0.3, -0.25) is 14.2 Å². The number of carbonyl (C=O) groups is 1. The Morgan fingerprint density at radius 1 is 1.14 bits per heavy atom. The first-order valence-corrected chi connectivity index (χ1v) is 11.8. The molecule has 3 unspecified atom stereocenters. The standard InChI is InChI=1S/C23H31N3O2S/c1-15-12-16(2)14-25(13-15)21(27)17(3)29-23-24-20-11-7-6-10-19(20)22(28)26(23)18-8-4-5-9-18/h6-7,10-11,15-18H,4-5,8-9,12-14H2,1-3H3. The van der Waals surface area contributed by atoms with Crippen molar-refractivity contribution >= 4 is 28.6 Å². The predicted molar refractivity (Wildman–Crippen MR) is 118 cm³/mol. The Labute approximate surface area is 176 Å². The van der Waals surface area contributed by atoms with Gasteiger partial charge in [0.05, 0.1) is 16.2 Å². The molecule has 156 valence electrons. The molecule has 2 fully saturated rings. The lowest BCUT2D eigenvalue weighted by molar-refractivity contribution is -0.132. The van der Waals surface area contributed by atoms with Crippen molar-refractivity contribution in [2.45, 2.75) is 69.3 Å². The number of para-hydroxylation sites is 1. The molecule has 1 amide bonds. The summed E-state index contributed by atoms with van der Waals surface area (Å²) >= 11 is 1.45. The highest BCUT2D eigenvalue weighted by Gasteiger charge is 2.30. The molecule has 2 aliphatic rings. The zero-order valence-corrected chi connectivity index (χ0v) is 18.5. The monoisotopic (exact) mass is 413 g/mol. The van der Waals surface area contributed by atoms with E-state index in [1.54, 1.807) is 0 Å². The normalized spacial score (nSPS) is 24.2. The molecular weight excluding hydrogens is 382 g/mol. The van der Waals surface area contributed by atoms with Crippen molar-refractivity contribution in [2.75, 3.05) is 13.1 Å². The molecule has 0 bridgehead atoms. The third kappa shape index (κ3) is 4.23. The van der Waals surface area contributed by atoms with E-state index in [1.165, 1.54) is 18.2 Å². The molecule has 3 atom stereocenters. The summed E-state index contributed by atoms with van der Waals surface area (Å²) in [6, 6.07) is 7.74. The number of benzene rings is 1. The average molecular weight is 414 g/mol. The van der Waals surface area contributed by atoms with Gasteiger partial charge in [0, 0.05) is 19.1 Å². The second-order valence-corrected chi connectivity index (χ2v) is 10.3.